The zero-order valence-electron chi connectivity index (χ0n) is 12.7. The Bertz CT molecular complexity index is 434. The number of hydrogen-bond donors (Lipinski definition) is 1. The summed E-state index contributed by atoms with van der Waals surface area (Å²) in [6, 6.07) is 3.76. The quantitative estimate of drug-likeness (QED) is 0.918. The summed E-state index contributed by atoms with van der Waals surface area (Å²) in [5.74, 6) is 2.11. The van der Waals surface area contributed by atoms with E-state index in [1.54, 1.807) is 6.20 Å². The van der Waals surface area contributed by atoms with Crippen LogP contribution >= 0.6 is 0 Å². The van der Waals surface area contributed by atoms with Gasteiger partial charge in [-0.1, -0.05) is 20.8 Å². The lowest BCUT2D eigenvalue weighted by atomic mass is 9.91. The third-order valence-corrected chi connectivity index (χ3v) is 3.72. The molecule has 0 saturated carbocycles. The summed E-state index contributed by atoms with van der Waals surface area (Å²) in [5.41, 5.74) is 0.688. The zero-order valence-corrected chi connectivity index (χ0v) is 12.7. The molecule has 2 rings (SSSR count). The van der Waals surface area contributed by atoms with Crippen molar-refractivity contribution in [2.45, 2.75) is 33.6 Å². The minimum absolute atomic E-state index is 0.109. The van der Waals surface area contributed by atoms with Crippen molar-refractivity contribution in [3.05, 3.63) is 23.9 Å². The van der Waals surface area contributed by atoms with Gasteiger partial charge in [0.25, 0.3) is 5.91 Å². The molecule has 1 N–H and O–H groups in total. The number of carbonyl (C=O) groups excluding carboxylic acids is 1. The summed E-state index contributed by atoms with van der Waals surface area (Å²) < 4.78 is 0. The highest BCUT2D eigenvalue weighted by Crippen LogP contribution is 2.22. The summed E-state index contributed by atoms with van der Waals surface area (Å²) >= 11 is 0. The van der Waals surface area contributed by atoms with E-state index in [1.807, 2.05) is 17.0 Å². The molecule has 4 heteroatoms. The number of hydrogen-bond acceptors (Lipinski definition) is 3. The first-order chi connectivity index (χ1) is 9.60. The van der Waals surface area contributed by atoms with Crippen LogP contribution in [0.15, 0.2) is 18.3 Å². The molecule has 1 aliphatic rings. The smallest absolute Gasteiger partial charge is 0.255 e. The lowest BCUT2D eigenvalue weighted by Gasteiger charge is -2.35. The number of pyridine rings is 1. The van der Waals surface area contributed by atoms with Gasteiger partial charge in [-0.3, -0.25) is 4.79 Å². The first kappa shape index (κ1) is 14.8. The van der Waals surface area contributed by atoms with Crippen LogP contribution in [-0.4, -0.2) is 35.4 Å². The van der Waals surface area contributed by atoms with Gasteiger partial charge in [0, 0.05) is 25.8 Å². The van der Waals surface area contributed by atoms with Gasteiger partial charge in [-0.05, 0) is 36.8 Å². The van der Waals surface area contributed by atoms with Gasteiger partial charge in [-0.15, -0.1) is 0 Å². The molecule has 0 aliphatic carbocycles. The highest BCUT2D eigenvalue weighted by atomic mass is 16.2. The second-order valence-corrected chi connectivity index (χ2v) is 6.02. The van der Waals surface area contributed by atoms with E-state index in [4.69, 9.17) is 0 Å². The van der Waals surface area contributed by atoms with Gasteiger partial charge in [0.2, 0.25) is 0 Å². The Morgan fingerprint density at radius 1 is 1.35 bits per heavy atom. The molecule has 0 spiro atoms. The van der Waals surface area contributed by atoms with Crippen LogP contribution in [0.1, 0.15) is 44.0 Å². The molecule has 2 atom stereocenters. The van der Waals surface area contributed by atoms with Crippen molar-refractivity contribution in [3.63, 3.8) is 0 Å². The van der Waals surface area contributed by atoms with E-state index in [2.05, 4.69) is 31.1 Å². The first-order valence-corrected chi connectivity index (χ1v) is 7.59. The monoisotopic (exact) mass is 275 g/mol. The third kappa shape index (κ3) is 3.71. The van der Waals surface area contributed by atoms with E-state index in [-0.39, 0.29) is 5.91 Å². The molecule has 2 unspecified atom stereocenters. The van der Waals surface area contributed by atoms with Crippen molar-refractivity contribution in [1.29, 1.82) is 0 Å². The number of likely N-dealkylation sites (tertiary alicyclic amines) is 1. The van der Waals surface area contributed by atoms with Crippen LogP contribution in [0.2, 0.25) is 0 Å². The molecular weight excluding hydrogens is 250 g/mol. The van der Waals surface area contributed by atoms with Crippen molar-refractivity contribution in [1.82, 2.24) is 9.88 Å². The van der Waals surface area contributed by atoms with Crippen LogP contribution < -0.4 is 5.32 Å². The fourth-order valence-corrected chi connectivity index (χ4v) is 2.89. The number of aromatic nitrogens is 1. The summed E-state index contributed by atoms with van der Waals surface area (Å²) in [6.45, 7) is 9.17. The van der Waals surface area contributed by atoms with Crippen molar-refractivity contribution in [2.24, 2.45) is 11.8 Å². The van der Waals surface area contributed by atoms with Crippen LogP contribution in [0.5, 0.6) is 0 Å². The minimum Gasteiger partial charge on any atom is -0.370 e. The Kier molecular flexibility index (Phi) is 4.99. The van der Waals surface area contributed by atoms with Crippen molar-refractivity contribution in [2.75, 3.05) is 25.0 Å². The van der Waals surface area contributed by atoms with Crippen LogP contribution in [0.4, 0.5) is 5.82 Å². The SMILES string of the molecule is CCCNc1ccc(C(=O)N2CC(C)CC(C)C2)cn1. The molecule has 1 aliphatic heterocycles. The molecule has 20 heavy (non-hydrogen) atoms. The van der Waals surface area contributed by atoms with E-state index in [0.717, 1.165) is 31.9 Å². The first-order valence-electron chi connectivity index (χ1n) is 7.59. The maximum atomic E-state index is 12.5. The molecule has 1 aromatic rings. The summed E-state index contributed by atoms with van der Waals surface area (Å²) in [5, 5.41) is 3.22. The fourth-order valence-electron chi connectivity index (χ4n) is 2.89. The lowest BCUT2D eigenvalue weighted by molar-refractivity contribution is 0.0623. The van der Waals surface area contributed by atoms with Gasteiger partial charge in [0.05, 0.1) is 5.56 Å². The molecule has 1 saturated heterocycles. The largest absolute Gasteiger partial charge is 0.370 e. The second-order valence-electron chi connectivity index (χ2n) is 6.02. The van der Waals surface area contributed by atoms with E-state index in [0.29, 0.717) is 17.4 Å². The molecular formula is C16H25N3O. The molecule has 2 heterocycles. The Balaban J connectivity index is 2.01. The topological polar surface area (TPSA) is 45.2 Å². The zero-order chi connectivity index (χ0) is 14.5. The van der Waals surface area contributed by atoms with Crippen LogP contribution in [0, 0.1) is 11.8 Å². The van der Waals surface area contributed by atoms with Crippen molar-refractivity contribution >= 4 is 11.7 Å². The molecule has 1 fully saturated rings. The average Bonchev–Trinajstić information content (AvgIpc) is 2.44. The number of amides is 1. The van der Waals surface area contributed by atoms with Crippen LogP contribution in [-0.2, 0) is 0 Å². The molecule has 1 aromatic heterocycles. The van der Waals surface area contributed by atoms with Crippen molar-refractivity contribution in [3.8, 4) is 0 Å². The average molecular weight is 275 g/mol. The molecule has 0 bridgehead atoms. The highest BCUT2D eigenvalue weighted by Gasteiger charge is 2.26. The van der Waals surface area contributed by atoms with Gasteiger partial charge in [-0.2, -0.15) is 0 Å². The number of nitrogens with one attached hydrogen (secondary N) is 1. The van der Waals surface area contributed by atoms with Crippen LogP contribution in [0.25, 0.3) is 0 Å². The van der Waals surface area contributed by atoms with Gasteiger partial charge < -0.3 is 10.2 Å². The molecule has 110 valence electrons. The van der Waals surface area contributed by atoms with Crippen molar-refractivity contribution < 1.29 is 4.79 Å². The highest BCUT2D eigenvalue weighted by molar-refractivity contribution is 5.94. The summed E-state index contributed by atoms with van der Waals surface area (Å²) in [7, 11) is 0. The van der Waals surface area contributed by atoms with Gasteiger partial charge >= 0.3 is 0 Å². The Morgan fingerprint density at radius 2 is 2.05 bits per heavy atom. The minimum atomic E-state index is 0.109. The molecule has 1 amide bonds. The maximum absolute atomic E-state index is 12.5. The Hall–Kier alpha value is -1.58. The normalized spacial score (nSPS) is 22.6. The molecule has 4 nitrogen and oxygen atoms in total. The number of piperidine rings is 1. The number of anilines is 1. The number of nitrogens with zero attached hydrogens (tertiary/aromatic N) is 2. The number of carbonyl (C=O) groups is 1. The maximum Gasteiger partial charge on any atom is 0.255 e. The van der Waals surface area contributed by atoms with Gasteiger partial charge in [-0.25, -0.2) is 4.98 Å². The summed E-state index contributed by atoms with van der Waals surface area (Å²) in [6.07, 6.45) is 3.96. The predicted molar refractivity (Wildman–Crippen MR) is 81.9 cm³/mol. The van der Waals surface area contributed by atoms with E-state index >= 15 is 0 Å². The van der Waals surface area contributed by atoms with E-state index < -0.39 is 0 Å². The molecule has 0 radical (unpaired) electrons. The fraction of sp³-hybridized carbons (Fsp3) is 0.625. The lowest BCUT2D eigenvalue weighted by Crippen LogP contribution is -2.42. The molecule has 0 aromatic carbocycles. The van der Waals surface area contributed by atoms with E-state index in [9.17, 15) is 4.79 Å². The van der Waals surface area contributed by atoms with Gasteiger partial charge in [0.1, 0.15) is 5.82 Å². The van der Waals surface area contributed by atoms with Crippen LogP contribution in [0.3, 0.4) is 0 Å². The Labute approximate surface area is 121 Å². The third-order valence-electron chi connectivity index (χ3n) is 3.72. The predicted octanol–water partition coefficient (Wildman–Crippen LogP) is 3.02. The standard InChI is InChI=1S/C16H25N3O/c1-4-7-17-15-6-5-14(9-18-15)16(20)19-10-12(2)8-13(3)11-19/h5-6,9,12-13H,4,7-8,10-11H2,1-3H3,(H,17,18). The summed E-state index contributed by atoms with van der Waals surface area (Å²) in [4.78, 5) is 18.8. The van der Waals surface area contributed by atoms with E-state index in [1.165, 1.54) is 6.42 Å². The Morgan fingerprint density at radius 3 is 2.60 bits per heavy atom. The van der Waals surface area contributed by atoms with Gasteiger partial charge in [0.15, 0.2) is 0 Å². The number of rotatable bonds is 4. The second kappa shape index (κ2) is 6.73.